The van der Waals surface area contributed by atoms with Crippen LogP contribution >= 0.6 is 0 Å². The van der Waals surface area contributed by atoms with Gasteiger partial charge in [0.25, 0.3) is 0 Å². The molecule has 0 radical (unpaired) electrons. The first-order valence-electron chi connectivity index (χ1n) is 5.54. The summed E-state index contributed by atoms with van der Waals surface area (Å²) in [6.07, 6.45) is -1.53. The molecule has 0 saturated heterocycles. The van der Waals surface area contributed by atoms with Crippen molar-refractivity contribution in [2.24, 2.45) is 5.73 Å². The first-order valence-corrected chi connectivity index (χ1v) is 5.54. The lowest BCUT2D eigenvalue weighted by Crippen LogP contribution is -2.33. The van der Waals surface area contributed by atoms with E-state index in [2.05, 4.69) is 9.97 Å². The molecule has 7 heteroatoms. The largest absolute Gasteiger partial charge is 0.412 e. The highest BCUT2D eigenvalue weighted by Gasteiger charge is 2.35. The summed E-state index contributed by atoms with van der Waals surface area (Å²) in [5, 5.41) is 0. The molecule has 0 bridgehead atoms. The smallest absolute Gasteiger partial charge is 0.337 e. The van der Waals surface area contributed by atoms with E-state index >= 15 is 0 Å². The topological polar surface area (TPSA) is 55.0 Å². The molecule has 1 aromatic heterocycles. The fraction of sp³-hybridized carbons (Fsp3) is 0.455. The van der Waals surface area contributed by atoms with E-state index in [0.29, 0.717) is 11.6 Å². The summed E-state index contributed by atoms with van der Waals surface area (Å²) in [7, 11) is 0. The Bertz CT molecular complexity index is 456. The fourth-order valence-corrected chi connectivity index (χ4v) is 1.76. The van der Waals surface area contributed by atoms with Crippen molar-refractivity contribution in [1.29, 1.82) is 0 Å². The van der Waals surface area contributed by atoms with Gasteiger partial charge in [-0.25, -0.2) is 9.97 Å². The third-order valence-electron chi connectivity index (χ3n) is 2.77. The lowest BCUT2D eigenvalue weighted by Gasteiger charge is -2.27. The second kappa shape index (κ2) is 4.93. The Hall–Kier alpha value is -1.63. The van der Waals surface area contributed by atoms with Gasteiger partial charge in [-0.2, -0.15) is 13.2 Å². The molecule has 1 aliphatic rings. The Morgan fingerprint density at radius 1 is 1.39 bits per heavy atom. The molecule has 2 heterocycles. The zero-order valence-corrected chi connectivity index (χ0v) is 9.61. The van der Waals surface area contributed by atoms with Crippen LogP contribution < -0.4 is 10.6 Å². The zero-order chi connectivity index (χ0) is 13.2. The fourth-order valence-electron chi connectivity index (χ4n) is 1.76. The first-order chi connectivity index (χ1) is 8.50. The van der Waals surface area contributed by atoms with Crippen LogP contribution in [0.1, 0.15) is 12.1 Å². The van der Waals surface area contributed by atoms with Crippen molar-refractivity contribution in [2.75, 3.05) is 18.0 Å². The van der Waals surface area contributed by atoms with Gasteiger partial charge < -0.3 is 10.6 Å². The maximum absolute atomic E-state index is 12.5. The second-order valence-corrected chi connectivity index (χ2v) is 3.98. The van der Waals surface area contributed by atoms with Crippen LogP contribution in [0.15, 0.2) is 23.9 Å². The van der Waals surface area contributed by atoms with Gasteiger partial charge in [0.15, 0.2) is 0 Å². The summed E-state index contributed by atoms with van der Waals surface area (Å²) in [6.45, 7) is 0.717. The average molecular weight is 258 g/mol. The molecule has 0 atom stereocenters. The van der Waals surface area contributed by atoms with Gasteiger partial charge >= 0.3 is 6.18 Å². The van der Waals surface area contributed by atoms with E-state index in [1.54, 1.807) is 17.2 Å². The number of halogens is 3. The van der Waals surface area contributed by atoms with E-state index in [-0.39, 0.29) is 26.1 Å². The van der Waals surface area contributed by atoms with Crippen molar-refractivity contribution >= 4 is 5.95 Å². The first kappa shape index (κ1) is 12.8. The van der Waals surface area contributed by atoms with Crippen LogP contribution in [0.25, 0.3) is 0 Å². The summed E-state index contributed by atoms with van der Waals surface area (Å²) >= 11 is 0. The van der Waals surface area contributed by atoms with Crippen LogP contribution in [0.2, 0.25) is 0 Å². The van der Waals surface area contributed by atoms with Gasteiger partial charge in [0.05, 0.1) is 5.69 Å². The number of aromatic nitrogens is 2. The summed E-state index contributed by atoms with van der Waals surface area (Å²) < 4.78 is 37.4. The molecule has 0 aliphatic carbocycles. The third kappa shape index (κ3) is 2.79. The van der Waals surface area contributed by atoms with Gasteiger partial charge in [0, 0.05) is 31.4 Å². The number of nitrogens with two attached hydrogens (primary N) is 1. The summed E-state index contributed by atoms with van der Waals surface area (Å²) in [4.78, 5) is 9.93. The van der Waals surface area contributed by atoms with E-state index in [0.717, 1.165) is 0 Å². The Balaban J connectivity index is 2.11. The number of alkyl halides is 3. The summed E-state index contributed by atoms with van der Waals surface area (Å²) in [5.41, 5.74) is 5.65. The molecule has 1 aromatic rings. The van der Waals surface area contributed by atoms with Crippen LogP contribution in [-0.4, -0.2) is 29.2 Å². The molecule has 0 unspecified atom stereocenters. The van der Waals surface area contributed by atoms with E-state index in [1.807, 2.05) is 0 Å². The van der Waals surface area contributed by atoms with Crippen LogP contribution in [0.5, 0.6) is 0 Å². The predicted molar refractivity (Wildman–Crippen MR) is 60.9 cm³/mol. The highest BCUT2D eigenvalue weighted by molar-refractivity contribution is 5.35. The van der Waals surface area contributed by atoms with Gasteiger partial charge in [-0.1, -0.05) is 6.08 Å². The highest BCUT2D eigenvalue weighted by Crippen LogP contribution is 2.30. The number of hydrogen-bond acceptors (Lipinski definition) is 4. The van der Waals surface area contributed by atoms with Gasteiger partial charge in [-0.05, 0) is 12.5 Å². The van der Waals surface area contributed by atoms with Crippen LogP contribution in [0.4, 0.5) is 19.1 Å². The van der Waals surface area contributed by atoms with E-state index in [1.165, 1.54) is 6.08 Å². The number of anilines is 1. The van der Waals surface area contributed by atoms with Crippen LogP contribution in [0, 0.1) is 0 Å². The third-order valence-corrected chi connectivity index (χ3v) is 2.77. The maximum atomic E-state index is 12.5. The Morgan fingerprint density at radius 3 is 2.72 bits per heavy atom. The average Bonchev–Trinajstić information content (AvgIpc) is 2.38. The molecule has 4 nitrogen and oxygen atoms in total. The molecular weight excluding hydrogens is 245 g/mol. The SMILES string of the molecule is NCc1ccnc(N2CC=C(C(F)(F)F)CC2)n1. The molecule has 18 heavy (non-hydrogen) atoms. The van der Waals surface area contributed by atoms with Crippen molar-refractivity contribution in [2.45, 2.75) is 19.1 Å². The lowest BCUT2D eigenvalue weighted by molar-refractivity contribution is -0.0944. The van der Waals surface area contributed by atoms with Gasteiger partial charge in [0.2, 0.25) is 5.95 Å². The second-order valence-electron chi connectivity index (χ2n) is 3.98. The molecule has 2 N–H and O–H groups in total. The normalized spacial score (nSPS) is 16.7. The standard InChI is InChI=1S/C11H13F3N4/c12-11(13,14)8-2-5-18(6-3-8)10-16-4-1-9(7-15)17-10/h1-2,4H,3,5-7,15H2. The van der Waals surface area contributed by atoms with Crippen molar-refractivity contribution in [3.05, 3.63) is 29.6 Å². The molecule has 1 aliphatic heterocycles. The monoisotopic (exact) mass is 258 g/mol. The quantitative estimate of drug-likeness (QED) is 0.819. The van der Waals surface area contributed by atoms with Crippen molar-refractivity contribution in [3.63, 3.8) is 0 Å². The van der Waals surface area contributed by atoms with E-state index in [9.17, 15) is 13.2 Å². The van der Waals surface area contributed by atoms with E-state index < -0.39 is 11.7 Å². The van der Waals surface area contributed by atoms with Gasteiger partial charge in [0.1, 0.15) is 0 Å². The predicted octanol–water partition coefficient (Wildman–Crippen LogP) is 1.63. The van der Waals surface area contributed by atoms with Crippen molar-refractivity contribution in [1.82, 2.24) is 9.97 Å². The minimum Gasteiger partial charge on any atom is -0.337 e. The summed E-state index contributed by atoms with van der Waals surface area (Å²) in [5.74, 6) is 0.426. The minimum absolute atomic E-state index is 0.0420. The highest BCUT2D eigenvalue weighted by atomic mass is 19.4. The molecular formula is C11H13F3N4. The number of rotatable bonds is 2. The Morgan fingerprint density at radius 2 is 2.17 bits per heavy atom. The molecule has 0 aromatic carbocycles. The lowest BCUT2D eigenvalue weighted by atomic mass is 10.1. The van der Waals surface area contributed by atoms with Crippen molar-refractivity contribution < 1.29 is 13.2 Å². The Kier molecular flexibility index (Phi) is 3.51. The minimum atomic E-state index is -4.23. The Labute approximate surface area is 102 Å². The molecule has 0 spiro atoms. The molecule has 2 rings (SSSR count). The van der Waals surface area contributed by atoms with E-state index in [4.69, 9.17) is 5.73 Å². The van der Waals surface area contributed by atoms with Crippen molar-refractivity contribution in [3.8, 4) is 0 Å². The molecule has 0 saturated carbocycles. The number of nitrogens with zero attached hydrogens (tertiary/aromatic N) is 3. The molecule has 98 valence electrons. The van der Waals surface area contributed by atoms with Crippen LogP contribution in [0.3, 0.4) is 0 Å². The molecule has 0 fully saturated rings. The van der Waals surface area contributed by atoms with Crippen LogP contribution in [-0.2, 0) is 6.54 Å². The maximum Gasteiger partial charge on any atom is 0.412 e. The summed E-state index contributed by atoms with van der Waals surface area (Å²) in [6, 6.07) is 1.68. The van der Waals surface area contributed by atoms with Gasteiger partial charge in [-0.3, -0.25) is 0 Å². The zero-order valence-electron chi connectivity index (χ0n) is 9.61. The number of hydrogen-bond donors (Lipinski definition) is 1. The molecule has 0 amide bonds. The van der Waals surface area contributed by atoms with Gasteiger partial charge in [-0.15, -0.1) is 0 Å².